The first-order valence-electron chi connectivity index (χ1n) is 6.24. The Hall–Kier alpha value is 0.0169. The van der Waals surface area contributed by atoms with E-state index in [0.717, 1.165) is 31.9 Å². The van der Waals surface area contributed by atoms with Crippen molar-refractivity contribution < 1.29 is 22.8 Å². The Morgan fingerprint density at radius 1 is 1.24 bits per heavy atom. The molecule has 1 unspecified atom stereocenters. The van der Waals surface area contributed by atoms with Crippen molar-refractivity contribution in [3.05, 3.63) is 0 Å². The summed E-state index contributed by atoms with van der Waals surface area (Å²) < 4.78 is 27.3. The van der Waals surface area contributed by atoms with Gasteiger partial charge >= 0.3 is 8.80 Å². The maximum atomic E-state index is 5.73. The number of hydrogen-bond donors (Lipinski definition) is 0. The van der Waals surface area contributed by atoms with Crippen LogP contribution in [0.1, 0.15) is 26.2 Å². The van der Waals surface area contributed by atoms with Crippen molar-refractivity contribution >= 4 is 8.80 Å². The van der Waals surface area contributed by atoms with Crippen LogP contribution in [0.3, 0.4) is 0 Å². The van der Waals surface area contributed by atoms with Crippen molar-refractivity contribution in [2.45, 2.75) is 38.5 Å². The molecule has 6 heteroatoms. The van der Waals surface area contributed by atoms with E-state index in [1.807, 2.05) is 0 Å². The lowest BCUT2D eigenvalue weighted by molar-refractivity contribution is -0.214. The van der Waals surface area contributed by atoms with E-state index in [-0.39, 0.29) is 6.29 Å². The Morgan fingerprint density at radius 2 is 1.94 bits per heavy atom. The molecule has 1 saturated heterocycles. The second kappa shape index (κ2) is 8.18. The van der Waals surface area contributed by atoms with Crippen LogP contribution in [0.2, 0.25) is 6.04 Å². The van der Waals surface area contributed by atoms with Gasteiger partial charge in [0.25, 0.3) is 0 Å². The summed E-state index contributed by atoms with van der Waals surface area (Å²) in [6, 6.07) is 0.784. The zero-order valence-electron chi connectivity index (χ0n) is 11.1. The predicted molar refractivity (Wildman–Crippen MR) is 65.7 cm³/mol. The standard InChI is InChI=1S/C11H24O5Si/c1-4-7-16-17(12-2,13-3)10-5-8-14-11-6-9-15-11/h11H,4-10H2,1-3H3. The summed E-state index contributed by atoms with van der Waals surface area (Å²) in [6.45, 7) is 4.24. The van der Waals surface area contributed by atoms with Gasteiger partial charge in [-0.1, -0.05) is 6.92 Å². The monoisotopic (exact) mass is 264 g/mol. The topological polar surface area (TPSA) is 46.2 Å². The summed E-state index contributed by atoms with van der Waals surface area (Å²) in [5.41, 5.74) is 0. The van der Waals surface area contributed by atoms with E-state index < -0.39 is 8.80 Å². The summed E-state index contributed by atoms with van der Waals surface area (Å²) in [5, 5.41) is 0. The van der Waals surface area contributed by atoms with E-state index in [1.54, 1.807) is 14.2 Å². The summed E-state index contributed by atoms with van der Waals surface area (Å²) in [6.07, 6.45) is 2.85. The average Bonchev–Trinajstić information content (AvgIpc) is 2.31. The molecule has 1 rings (SSSR count). The van der Waals surface area contributed by atoms with Crippen molar-refractivity contribution in [3.63, 3.8) is 0 Å². The highest BCUT2D eigenvalue weighted by Gasteiger charge is 2.38. The molecule has 1 aliphatic heterocycles. The van der Waals surface area contributed by atoms with Gasteiger partial charge in [0.15, 0.2) is 6.29 Å². The van der Waals surface area contributed by atoms with Gasteiger partial charge in [-0.2, -0.15) is 0 Å². The highest BCUT2D eigenvalue weighted by molar-refractivity contribution is 6.60. The lowest BCUT2D eigenvalue weighted by atomic mass is 10.3. The minimum Gasteiger partial charge on any atom is -0.377 e. The molecule has 0 saturated carbocycles. The number of rotatable bonds is 10. The molecule has 0 N–H and O–H groups in total. The molecule has 0 aromatic carbocycles. The Morgan fingerprint density at radius 3 is 2.41 bits per heavy atom. The third kappa shape index (κ3) is 5.03. The first-order chi connectivity index (χ1) is 8.26. The van der Waals surface area contributed by atoms with Crippen LogP contribution in [-0.4, -0.2) is 49.1 Å². The SMILES string of the molecule is CCCO[Si](CCCOC1CCO1)(OC)OC. The lowest BCUT2D eigenvalue weighted by Crippen LogP contribution is -2.44. The molecule has 0 aliphatic carbocycles. The van der Waals surface area contributed by atoms with Gasteiger partial charge in [0.1, 0.15) is 0 Å². The van der Waals surface area contributed by atoms with Gasteiger partial charge in [-0.05, 0) is 12.8 Å². The van der Waals surface area contributed by atoms with Gasteiger partial charge in [0.05, 0.1) is 6.61 Å². The zero-order chi connectivity index (χ0) is 12.6. The van der Waals surface area contributed by atoms with Crippen molar-refractivity contribution in [3.8, 4) is 0 Å². The first-order valence-corrected chi connectivity index (χ1v) is 8.17. The van der Waals surface area contributed by atoms with Gasteiger partial charge in [0.2, 0.25) is 0 Å². The molecule has 0 amide bonds. The second-order valence-electron chi connectivity index (χ2n) is 4.00. The smallest absolute Gasteiger partial charge is 0.377 e. The molecule has 1 fully saturated rings. The zero-order valence-corrected chi connectivity index (χ0v) is 12.1. The van der Waals surface area contributed by atoms with Crippen LogP contribution < -0.4 is 0 Å². The van der Waals surface area contributed by atoms with Crippen LogP contribution in [0.5, 0.6) is 0 Å². The molecule has 0 spiro atoms. The molecule has 0 aromatic rings. The normalized spacial score (nSPS) is 20.3. The molecule has 0 aromatic heterocycles. The van der Waals surface area contributed by atoms with E-state index in [9.17, 15) is 0 Å². The van der Waals surface area contributed by atoms with Gasteiger partial charge in [0, 0.05) is 39.9 Å². The van der Waals surface area contributed by atoms with Crippen LogP contribution in [0.15, 0.2) is 0 Å². The average molecular weight is 264 g/mol. The summed E-state index contributed by atoms with van der Waals surface area (Å²) in [5.74, 6) is 0. The molecule has 0 bridgehead atoms. The molecule has 1 heterocycles. The van der Waals surface area contributed by atoms with Crippen molar-refractivity contribution in [1.29, 1.82) is 0 Å². The minimum atomic E-state index is -2.45. The molecule has 1 atom stereocenters. The van der Waals surface area contributed by atoms with Crippen LogP contribution in [0, 0.1) is 0 Å². The Labute approximate surface area is 105 Å². The molecule has 5 nitrogen and oxygen atoms in total. The third-order valence-corrected chi connectivity index (χ3v) is 5.59. The van der Waals surface area contributed by atoms with Crippen LogP contribution in [0.25, 0.3) is 0 Å². The van der Waals surface area contributed by atoms with Crippen molar-refractivity contribution in [1.82, 2.24) is 0 Å². The van der Waals surface area contributed by atoms with Crippen molar-refractivity contribution in [2.24, 2.45) is 0 Å². The fraction of sp³-hybridized carbons (Fsp3) is 1.00. The highest BCUT2D eigenvalue weighted by atomic mass is 28.4. The third-order valence-electron chi connectivity index (χ3n) is 2.74. The Balaban J connectivity index is 2.17. The molecule has 0 radical (unpaired) electrons. The quantitative estimate of drug-likeness (QED) is 0.445. The van der Waals surface area contributed by atoms with Crippen LogP contribution in [-0.2, 0) is 22.8 Å². The largest absolute Gasteiger partial charge is 0.500 e. The first kappa shape index (κ1) is 15.1. The van der Waals surface area contributed by atoms with E-state index in [2.05, 4.69) is 6.92 Å². The predicted octanol–water partition coefficient (Wildman–Crippen LogP) is 1.80. The van der Waals surface area contributed by atoms with E-state index in [1.165, 1.54) is 0 Å². The van der Waals surface area contributed by atoms with Crippen LogP contribution >= 0.6 is 0 Å². The summed E-state index contributed by atoms with van der Waals surface area (Å²) in [4.78, 5) is 0. The number of ether oxygens (including phenoxy) is 2. The van der Waals surface area contributed by atoms with E-state index in [0.29, 0.717) is 13.2 Å². The van der Waals surface area contributed by atoms with Gasteiger partial charge < -0.3 is 22.8 Å². The molecular formula is C11H24O5Si. The van der Waals surface area contributed by atoms with Gasteiger partial charge in [-0.15, -0.1) is 0 Å². The van der Waals surface area contributed by atoms with Gasteiger partial charge in [-0.3, -0.25) is 0 Å². The van der Waals surface area contributed by atoms with Crippen LogP contribution in [0.4, 0.5) is 0 Å². The molecular weight excluding hydrogens is 240 g/mol. The Bertz CT molecular complexity index is 194. The number of hydrogen-bond acceptors (Lipinski definition) is 5. The maximum absolute atomic E-state index is 5.73. The van der Waals surface area contributed by atoms with E-state index >= 15 is 0 Å². The highest BCUT2D eigenvalue weighted by Crippen LogP contribution is 2.18. The fourth-order valence-corrected chi connectivity index (χ4v) is 3.63. The molecule has 17 heavy (non-hydrogen) atoms. The van der Waals surface area contributed by atoms with Gasteiger partial charge in [-0.25, -0.2) is 0 Å². The Kier molecular flexibility index (Phi) is 7.25. The fourth-order valence-electron chi connectivity index (χ4n) is 1.58. The summed E-state index contributed by atoms with van der Waals surface area (Å²) in [7, 11) is 0.859. The summed E-state index contributed by atoms with van der Waals surface area (Å²) >= 11 is 0. The lowest BCUT2D eigenvalue weighted by Gasteiger charge is -2.28. The second-order valence-corrected chi connectivity index (χ2v) is 6.97. The van der Waals surface area contributed by atoms with E-state index in [4.69, 9.17) is 22.8 Å². The minimum absolute atomic E-state index is 0.00715. The molecule has 1 aliphatic rings. The van der Waals surface area contributed by atoms with Crippen molar-refractivity contribution in [2.75, 3.05) is 34.0 Å². The molecule has 102 valence electrons. The maximum Gasteiger partial charge on any atom is 0.500 e.